The number of hydrogen-bond donors (Lipinski definition) is 0. The Bertz CT molecular complexity index is 755. The molecule has 6 nitrogen and oxygen atoms in total. The van der Waals surface area contributed by atoms with Crippen molar-refractivity contribution in [1.29, 1.82) is 0 Å². The molecule has 2 aliphatic rings. The lowest BCUT2D eigenvalue weighted by Crippen LogP contribution is -2.36. The van der Waals surface area contributed by atoms with Crippen LogP contribution in [0.3, 0.4) is 0 Å². The molecule has 0 N–H and O–H groups in total. The van der Waals surface area contributed by atoms with Gasteiger partial charge in [-0.15, -0.1) is 0 Å². The monoisotopic (exact) mass is 331 g/mol. The molecule has 1 aromatic carbocycles. The summed E-state index contributed by atoms with van der Waals surface area (Å²) in [5.74, 6) is 0.268. The number of amides is 1. The number of halogens is 1. The van der Waals surface area contributed by atoms with Gasteiger partial charge in [0.25, 0.3) is 0 Å². The van der Waals surface area contributed by atoms with Gasteiger partial charge in [-0.05, 0) is 37.8 Å². The van der Waals surface area contributed by atoms with E-state index in [-0.39, 0.29) is 24.1 Å². The van der Waals surface area contributed by atoms with Crippen LogP contribution >= 0.6 is 0 Å². The maximum Gasteiger partial charge on any atom is 0.410 e. The second-order valence-corrected chi connectivity index (χ2v) is 6.49. The molecular weight excluding hydrogens is 313 g/mol. The zero-order valence-electron chi connectivity index (χ0n) is 13.2. The van der Waals surface area contributed by atoms with Gasteiger partial charge in [-0.1, -0.05) is 23.7 Å². The van der Waals surface area contributed by atoms with Gasteiger partial charge in [0, 0.05) is 5.56 Å². The van der Waals surface area contributed by atoms with Gasteiger partial charge >= 0.3 is 6.09 Å². The molecule has 2 heterocycles. The Morgan fingerprint density at radius 3 is 2.88 bits per heavy atom. The molecule has 126 valence electrons. The summed E-state index contributed by atoms with van der Waals surface area (Å²) < 4.78 is 24.1. The lowest BCUT2D eigenvalue weighted by Gasteiger charge is -2.30. The number of rotatable bonds is 3. The van der Waals surface area contributed by atoms with Crippen LogP contribution in [0.15, 0.2) is 28.8 Å². The third-order valence-corrected chi connectivity index (χ3v) is 4.68. The molecule has 2 fully saturated rings. The maximum atomic E-state index is 13.3. The minimum absolute atomic E-state index is 0.211. The van der Waals surface area contributed by atoms with Gasteiger partial charge in [0.05, 0.1) is 6.54 Å². The SMILES string of the molecule is O=C1OC2(CCCCC2)CN1Cc1nc(-c2cccc(F)c2)no1. The fourth-order valence-corrected chi connectivity index (χ4v) is 3.50. The van der Waals surface area contributed by atoms with Crippen LogP contribution < -0.4 is 0 Å². The number of aromatic nitrogens is 2. The summed E-state index contributed by atoms with van der Waals surface area (Å²) >= 11 is 0. The van der Waals surface area contributed by atoms with Crippen molar-refractivity contribution in [2.75, 3.05) is 6.54 Å². The van der Waals surface area contributed by atoms with Crippen LogP contribution in [0, 0.1) is 5.82 Å². The van der Waals surface area contributed by atoms with Crippen molar-refractivity contribution in [3.63, 3.8) is 0 Å². The molecule has 0 atom stereocenters. The number of carbonyl (C=O) groups is 1. The molecule has 1 saturated carbocycles. The fourth-order valence-electron chi connectivity index (χ4n) is 3.50. The van der Waals surface area contributed by atoms with Gasteiger partial charge in [-0.2, -0.15) is 4.98 Å². The van der Waals surface area contributed by atoms with Gasteiger partial charge < -0.3 is 9.26 Å². The zero-order valence-corrected chi connectivity index (χ0v) is 13.2. The van der Waals surface area contributed by atoms with Crippen LogP contribution in [0.25, 0.3) is 11.4 Å². The number of ether oxygens (including phenoxy) is 1. The van der Waals surface area contributed by atoms with Gasteiger partial charge in [-0.3, -0.25) is 4.90 Å². The summed E-state index contributed by atoms with van der Waals surface area (Å²) in [7, 11) is 0. The first-order valence-corrected chi connectivity index (χ1v) is 8.20. The van der Waals surface area contributed by atoms with E-state index in [9.17, 15) is 9.18 Å². The van der Waals surface area contributed by atoms with Crippen LogP contribution in [0.4, 0.5) is 9.18 Å². The Hall–Kier alpha value is -2.44. The summed E-state index contributed by atoms with van der Waals surface area (Å²) in [5, 5.41) is 3.87. The van der Waals surface area contributed by atoms with Crippen molar-refractivity contribution in [2.24, 2.45) is 0 Å². The zero-order chi connectivity index (χ0) is 16.6. The molecule has 1 aliphatic heterocycles. The van der Waals surface area contributed by atoms with E-state index in [1.807, 2.05) is 0 Å². The molecule has 2 aromatic rings. The van der Waals surface area contributed by atoms with Crippen molar-refractivity contribution >= 4 is 6.09 Å². The Labute approximate surface area is 138 Å². The lowest BCUT2D eigenvalue weighted by molar-refractivity contribution is 0.0260. The van der Waals surface area contributed by atoms with E-state index < -0.39 is 0 Å². The molecule has 1 spiro atoms. The molecule has 24 heavy (non-hydrogen) atoms. The van der Waals surface area contributed by atoms with E-state index in [1.165, 1.54) is 18.6 Å². The predicted octanol–water partition coefficient (Wildman–Crippen LogP) is 3.53. The second-order valence-electron chi connectivity index (χ2n) is 6.49. The number of nitrogens with zero attached hydrogens (tertiary/aromatic N) is 3. The first kappa shape index (κ1) is 15.1. The summed E-state index contributed by atoms with van der Waals surface area (Å²) in [6.07, 6.45) is 4.86. The number of benzene rings is 1. The highest BCUT2D eigenvalue weighted by molar-refractivity contribution is 5.70. The molecule has 4 rings (SSSR count). The minimum atomic E-state index is -0.360. The Morgan fingerprint density at radius 2 is 2.08 bits per heavy atom. The van der Waals surface area contributed by atoms with Gasteiger partial charge in [0.1, 0.15) is 18.0 Å². The third kappa shape index (κ3) is 2.86. The molecule has 1 saturated heterocycles. The molecule has 1 aliphatic carbocycles. The first-order valence-electron chi connectivity index (χ1n) is 8.20. The highest BCUT2D eigenvalue weighted by Gasteiger charge is 2.45. The normalized spacial score (nSPS) is 19.7. The third-order valence-electron chi connectivity index (χ3n) is 4.68. The maximum absolute atomic E-state index is 13.3. The second kappa shape index (κ2) is 5.89. The summed E-state index contributed by atoms with van der Waals surface area (Å²) in [6, 6.07) is 5.99. The van der Waals surface area contributed by atoms with Gasteiger partial charge in [0.15, 0.2) is 0 Å². The lowest BCUT2D eigenvalue weighted by atomic mass is 9.85. The Morgan fingerprint density at radius 1 is 1.25 bits per heavy atom. The predicted molar refractivity (Wildman–Crippen MR) is 82.4 cm³/mol. The van der Waals surface area contributed by atoms with E-state index in [4.69, 9.17) is 9.26 Å². The molecule has 1 aromatic heterocycles. The van der Waals surface area contributed by atoms with Crippen LogP contribution in [0.5, 0.6) is 0 Å². The van der Waals surface area contributed by atoms with Crippen LogP contribution in [-0.4, -0.2) is 33.3 Å². The van der Waals surface area contributed by atoms with Gasteiger partial charge in [-0.25, -0.2) is 9.18 Å². The highest BCUT2D eigenvalue weighted by atomic mass is 19.1. The van der Waals surface area contributed by atoms with Crippen LogP contribution in [0.2, 0.25) is 0 Å². The molecule has 0 unspecified atom stereocenters. The Balaban J connectivity index is 1.47. The standard InChI is InChI=1S/C17H18FN3O3/c18-13-6-4-5-12(9-13)15-19-14(24-20-15)10-21-11-17(23-16(21)22)7-2-1-3-8-17/h4-6,9H,1-3,7-8,10-11H2. The Kier molecular flexibility index (Phi) is 3.70. The molecule has 1 amide bonds. The molecule has 7 heteroatoms. The van der Waals surface area contributed by atoms with Crippen LogP contribution in [-0.2, 0) is 11.3 Å². The van der Waals surface area contributed by atoms with E-state index in [0.717, 1.165) is 25.7 Å². The quantitative estimate of drug-likeness (QED) is 0.860. The van der Waals surface area contributed by atoms with E-state index in [0.29, 0.717) is 23.8 Å². The molecular formula is C17H18FN3O3. The van der Waals surface area contributed by atoms with E-state index in [2.05, 4.69) is 10.1 Å². The van der Waals surface area contributed by atoms with Crippen molar-refractivity contribution in [2.45, 2.75) is 44.2 Å². The van der Waals surface area contributed by atoms with Crippen molar-refractivity contribution in [3.8, 4) is 11.4 Å². The fraction of sp³-hybridized carbons (Fsp3) is 0.471. The number of hydrogen-bond acceptors (Lipinski definition) is 5. The van der Waals surface area contributed by atoms with Crippen molar-refractivity contribution in [1.82, 2.24) is 15.0 Å². The summed E-state index contributed by atoms with van der Waals surface area (Å²) in [5.41, 5.74) is 0.193. The smallest absolute Gasteiger partial charge is 0.410 e. The average Bonchev–Trinajstić information content (AvgIpc) is 3.14. The summed E-state index contributed by atoms with van der Waals surface area (Å²) in [4.78, 5) is 18.0. The number of carbonyl (C=O) groups excluding carboxylic acids is 1. The molecule has 0 radical (unpaired) electrons. The van der Waals surface area contributed by atoms with E-state index >= 15 is 0 Å². The minimum Gasteiger partial charge on any atom is -0.441 e. The average molecular weight is 331 g/mol. The molecule has 0 bridgehead atoms. The summed E-state index contributed by atoms with van der Waals surface area (Å²) in [6.45, 7) is 0.770. The van der Waals surface area contributed by atoms with Crippen LogP contribution in [0.1, 0.15) is 38.0 Å². The van der Waals surface area contributed by atoms with Gasteiger partial charge in [0.2, 0.25) is 11.7 Å². The van der Waals surface area contributed by atoms with Crippen molar-refractivity contribution in [3.05, 3.63) is 36.0 Å². The topological polar surface area (TPSA) is 68.5 Å². The largest absolute Gasteiger partial charge is 0.441 e. The van der Waals surface area contributed by atoms with Crippen molar-refractivity contribution < 1.29 is 18.4 Å². The van der Waals surface area contributed by atoms with E-state index in [1.54, 1.807) is 17.0 Å². The highest BCUT2D eigenvalue weighted by Crippen LogP contribution is 2.37. The first-order chi connectivity index (χ1) is 11.6.